The van der Waals surface area contributed by atoms with Crippen molar-refractivity contribution in [2.45, 2.75) is 13.0 Å². The molecule has 2 aromatic rings. The second-order valence-electron chi connectivity index (χ2n) is 4.14. The van der Waals surface area contributed by atoms with Gasteiger partial charge in [0.05, 0.1) is 0 Å². The smallest absolute Gasteiger partial charge is 0.119 e. The Morgan fingerprint density at radius 2 is 1.84 bits per heavy atom. The van der Waals surface area contributed by atoms with Gasteiger partial charge in [-0.2, -0.15) is 0 Å². The van der Waals surface area contributed by atoms with E-state index in [9.17, 15) is 0 Å². The summed E-state index contributed by atoms with van der Waals surface area (Å²) in [6, 6.07) is 13.4. The third kappa shape index (κ3) is 4.23. The molecule has 0 saturated carbocycles. The summed E-state index contributed by atoms with van der Waals surface area (Å²) in [6.45, 7) is 0.597. The minimum Gasteiger partial charge on any atom is -0.489 e. The molecular formula is C15H14BrClO2. The molecule has 0 amide bonds. The van der Waals surface area contributed by atoms with Crippen LogP contribution in [0.2, 0.25) is 5.02 Å². The molecule has 0 heterocycles. The number of hydrogen-bond acceptors (Lipinski definition) is 2. The zero-order valence-electron chi connectivity index (χ0n) is 10.3. The van der Waals surface area contributed by atoms with Crippen molar-refractivity contribution in [3.63, 3.8) is 0 Å². The third-order valence-electron chi connectivity index (χ3n) is 2.73. The number of ether oxygens (including phenoxy) is 1. The molecule has 19 heavy (non-hydrogen) atoms. The van der Waals surface area contributed by atoms with Crippen LogP contribution in [0.1, 0.15) is 11.1 Å². The molecule has 2 rings (SSSR count). The Labute approximate surface area is 126 Å². The normalized spacial score (nSPS) is 10.5. The number of hydrogen-bond donors (Lipinski definition) is 1. The van der Waals surface area contributed by atoms with Gasteiger partial charge in [0.1, 0.15) is 12.4 Å². The van der Waals surface area contributed by atoms with Crippen LogP contribution < -0.4 is 4.74 Å². The summed E-state index contributed by atoms with van der Waals surface area (Å²) in [4.78, 5) is 0. The molecule has 2 aromatic carbocycles. The summed E-state index contributed by atoms with van der Waals surface area (Å²) in [7, 11) is 0. The fourth-order valence-electron chi connectivity index (χ4n) is 1.68. The lowest BCUT2D eigenvalue weighted by molar-refractivity contribution is 0.298. The molecule has 0 aliphatic heterocycles. The summed E-state index contributed by atoms with van der Waals surface area (Å²) >= 11 is 9.49. The van der Waals surface area contributed by atoms with Gasteiger partial charge in [-0.15, -0.1) is 0 Å². The van der Waals surface area contributed by atoms with Crippen molar-refractivity contribution in [3.8, 4) is 5.75 Å². The van der Waals surface area contributed by atoms with Crippen molar-refractivity contribution < 1.29 is 9.84 Å². The molecule has 0 radical (unpaired) electrons. The van der Waals surface area contributed by atoms with Crippen LogP contribution in [0, 0.1) is 0 Å². The Hall–Kier alpha value is -1.03. The molecule has 0 unspecified atom stereocenters. The van der Waals surface area contributed by atoms with Crippen LogP contribution in [0.5, 0.6) is 5.75 Å². The summed E-state index contributed by atoms with van der Waals surface area (Å²) in [6.07, 6.45) is 0.665. The Morgan fingerprint density at radius 1 is 1.11 bits per heavy atom. The van der Waals surface area contributed by atoms with Crippen LogP contribution in [-0.2, 0) is 13.0 Å². The van der Waals surface area contributed by atoms with Crippen molar-refractivity contribution in [1.29, 1.82) is 0 Å². The van der Waals surface area contributed by atoms with E-state index in [0.717, 1.165) is 21.3 Å². The third-order valence-corrected chi connectivity index (χ3v) is 3.58. The lowest BCUT2D eigenvalue weighted by Crippen LogP contribution is -1.97. The Morgan fingerprint density at radius 3 is 2.47 bits per heavy atom. The van der Waals surface area contributed by atoms with Gasteiger partial charge in [-0.25, -0.2) is 0 Å². The molecule has 0 bridgehead atoms. The molecule has 4 heteroatoms. The minimum atomic E-state index is 0.161. The molecule has 0 atom stereocenters. The van der Waals surface area contributed by atoms with Gasteiger partial charge in [-0.3, -0.25) is 0 Å². The van der Waals surface area contributed by atoms with E-state index in [-0.39, 0.29) is 6.61 Å². The highest BCUT2D eigenvalue weighted by Crippen LogP contribution is 2.23. The first-order valence-electron chi connectivity index (χ1n) is 5.95. The molecular weight excluding hydrogens is 328 g/mol. The Bertz CT molecular complexity index is 540. The molecule has 0 aromatic heterocycles. The molecule has 2 nitrogen and oxygen atoms in total. The van der Waals surface area contributed by atoms with Crippen LogP contribution in [0.3, 0.4) is 0 Å². The zero-order valence-corrected chi connectivity index (χ0v) is 12.6. The highest BCUT2D eigenvalue weighted by molar-refractivity contribution is 9.10. The zero-order chi connectivity index (χ0) is 13.7. The molecule has 0 fully saturated rings. The van der Waals surface area contributed by atoms with E-state index >= 15 is 0 Å². The quantitative estimate of drug-likeness (QED) is 0.882. The highest BCUT2D eigenvalue weighted by Gasteiger charge is 2.02. The minimum absolute atomic E-state index is 0.161. The van der Waals surface area contributed by atoms with Crippen molar-refractivity contribution >= 4 is 27.5 Å². The van der Waals surface area contributed by atoms with E-state index < -0.39 is 0 Å². The van der Waals surface area contributed by atoms with E-state index in [4.69, 9.17) is 21.4 Å². The first kappa shape index (κ1) is 14.4. The number of aliphatic hydroxyl groups excluding tert-OH is 1. The van der Waals surface area contributed by atoms with Crippen LogP contribution in [0.15, 0.2) is 46.9 Å². The maximum absolute atomic E-state index is 8.84. The number of halogens is 2. The standard InChI is InChI=1S/C15H14BrClO2/c16-13-4-3-12(15(17)9-13)10-19-14-5-1-11(2-6-14)7-8-18/h1-6,9,18H,7-8,10H2. The first-order valence-corrected chi connectivity index (χ1v) is 7.12. The Kier molecular flexibility index (Phi) is 5.25. The topological polar surface area (TPSA) is 29.5 Å². The lowest BCUT2D eigenvalue weighted by Gasteiger charge is -2.08. The van der Waals surface area contributed by atoms with Gasteiger partial charge in [0, 0.05) is 21.7 Å². The molecule has 0 aliphatic rings. The van der Waals surface area contributed by atoms with E-state index in [2.05, 4.69) is 15.9 Å². The number of rotatable bonds is 5. The molecule has 1 N–H and O–H groups in total. The maximum Gasteiger partial charge on any atom is 0.119 e. The number of aliphatic hydroxyl groups is 1. The Balaban J connectivity index is 1.98. The van der Waals surface area contributed by atoms with E-state index in [0.29, 0.717) is 18.1 Å². The van der Waals surface area contributed by atoms with Gasteiger partial charge in [-0.1, -0.05) is 45.7 Å². The summed E-state index contributed by atoms with van der Waals surface area (Å²) in [5.74, 6) is 0.792. The van der Waals surface area contributed by atoms with Crippen molar-refractivity contribution in [3.05, 3.63) is 63.1 Å². The summed E-state index contributed by atoms with van der Waals surface area (Å²) in [5.41, 5.74) is 2.04. The predicted octanol–water partition coefficient (Wildman–Crippen LogP) is 4.22. The van der Waals surface area contributed by atoms with Gasteiger partial charge in [0.25, 0.3) is 0 Å². The van der Waals surface area contributed by atoms with Gasteiger partial charge in [0.2, 0.25) is 0 Å². The van der Waals surface area contributed by atoms with Gasteiger partial charge in [0.15, 0.2) is 0 Å². The lowest BCUT2D eigenvalue weighted by atomic mass is 10.1. The summed E-state index contributed by atoms with van der Waals surface area (Å²) < 4.78 is 6.64. The van der Waals surface area contributed by atoms with Gasteiger partial charge >= 0.3 is 0 Å². The molecule has 100 valence electrons. The SMILES string of the molecule is OCCc1ccc(OCc2ccc(Br)cc2Cl)cc1. The fourth-order valence-corrected chi connectivity index (χ4v) is 2.41. The second kappa shape index (κ2) is 6.94. The van der Waals surface area contributed by atoms with E-state index in [1.54, 1.807) is 0 Å². The van der Waals surface area contributed by atoms with Gasteiger partial charge < -0.3 is 9.84 Å². The summed E-state index contributed by atoms with van der Waals surface area (Å²) in [5, 5.41) is 9.53. The monoisotopic (exact) mass is 340 g/mol. The van der Waals surface area contributed by atoms with Crippen molar-refractivity contribution in [2.75, 3.05) is 6.61 Å². The van der Waals surface area contributed by atoms with Crippen LogP contribution >= 0.6 is 27.5 Å². The van der Waals surface area contributed by atoms with Crippen molar-refractivity contribution in [1.82, 2.24) is 0 Å². The van der Waals surface area contributed by atoms with Gasteiger partial charge in [-0.05, 0) is 36.2 Å². The van der Waals surface area contributed by atoms with E-state index in [1.807, 2.05) is 42.5 Å². The first-order chi connectivity index (χ1) is 9.19. The average molecular weight is 342 g/mol. The van der Waals surface area contributed by atoms with E-state index in [1.165, 1.54) is 0 Å². The maximum atomic E-state index is 8.84. The average Bonchev–Trinajstić information content (AvgIpc) is 2.40. The van der Waals surface area contributed by atoms with Crippen LogP contribution in [-0.4, -0.2) is 11.7 Å². The largest absolute Gasteiger partial charge is 0.489 e. The highest BCUT2D eigenvalue weighted by atomic mass is 79.9. The fraction of sp³-hybridized carbons (Fsp3) is 0.200. The molecule has 0 aliphatic carbocycles. The molecule has 0 spiro atoms. The van der Waals surface area contributed by atoms with Crippen LogP contribution in [0.4, 0.5) is 0 Å². The van der Waals surface area contributed by atoms with Crippen molar-refractivity contribution in [2.24, 2.45) is 0 Å². The predicted molar refractivity (Wildman–Crippen MR) is 80.7 cm³/mol. The molecule has 0 saturated heterocycles. The second-order valence-corrected chi connectivity index (χ2v) is 5.46. The number of benzene rings is 2. The van der Waals surface area contributed by atoms with Crippen LogP contribution in [0.25, 0.3) is 0 Å².